The number of rotatable bonds is 3. The fourth-order valence-corrected chi connectivity index (χ4v) is 2.83. The molecule has 3 aromatic carbocycles. The summed E-state index contributed by atoms with van der Waals surface area (Å²) in [4.78, 5) is 12.2. The van der Waals surface area contributed by atoms with Crippen LogP contribution in [0.5, 0.6) is 0 Å². The number of nitrogens with one attached hydrogen (secondary N) is 1. The Hall–Kier alpha value is -3.60. The van der Waals surface area contributed by atoms with Crippen LogP contribution in [0.2, 0.25) is 0 Å². The van der Waals surface area contributed by atoms with Crippen molar-refractivity contribution in [3.63, 3.8) is 0 Å². The molecule has 0 bridgehead atoms. The summed E-state index contributed by atoms with van der Waals surface area (Å²) in [5.41, 5.74) is 0.441. The molecule has 4 rings (SSSR count). The van der Waals surface area contributed by atoms with Gasteiger partial charge in [0.2, 0.25) is 0 Å². The van der Waals surface area contributed by atoms with Crippen LogP contribution in [0.3, 0.4) is 0 Å². The van der Waals surface area contributed by atoms with Gasteiger partial charge in [-0.3, -0.25) is 0 Å². The molecule has 5 heteroatoms. The van der Waals surface area contributed by atoms with E-state index in [4.69, 9.17) is 4.42 Å². The Balaban J connectivity index is 1.78. The summed E-state index contributed by atoms with van der Waals surface area (Å²) in [6, 6.07) is 18.6. The lowest BCUT2D eigenvalue weighted by Crippen LogP contribution is -2.07. The van der Waals surface area contributed by atoms with Gasteiger partial charge in [-0.2, -0.15) is 0 Å². The number of aliphatic hydroxyl groups is 1. The van der Waals surface area contributed by atoms with Crippen molar-refractivity contribution in [3.05, 3.63) is 94.7 Å². The second kappa shape index (κ2) is 6.37. The van der Waals surface area contributed by atoms with Crippen molar-refractivity contribution >= 4 is 33.2 Å². The van der Waals surface area contributed by atoms with E-state index in [1.165, 1.54) is 30.5 Å². The van der Waals surface area contributed by atoms with E-state index in [1.807, 2.05) is 30.3 Å². The van der Waals surface area contributed by atoms with Crippen LogP contribution >= 0.6 is 0 Å². The summed E-state index contributed by atoms with van der Waals surface area (Å²) in [6.07, 6.45) is 1.27. The van der Waals surface area contributed by atoms with Gasteiger partial charge in [0.05, 0.1) is 0 Å². The van der Waals surface area contributed by atoms with E-state index in [1.54, 1.807) is 12.1 Å². The Labute approximate surface area is 147 Å². The highest BCUT2D eigenvalue weighted by Crippen LogP contribution is 2.26. The number of benzene rings is 3. The van der Waals surface area contributed by atoms with Crippen LogP contribution in [-0.4, -0.2) is 5.11 Å². The maximum atomic E-state index is 12.9. The molecule has 0 aliphatic carbocycles. The van der Waals surface area contributed by atoms with Crippen molar-refractivity contribution in [2.75, 3.05) is 5.32 Å². The minimum atomic E-state index is -0.637. The van der Waals surface area contributed by atoms with Crippen molar-refractivity contribution < 1.29 is 13.9 Å². The van der Waals surface area contributed by atoms with E-state index < -0.39 is 5.63 Å². The fraction of sp³-hybridized carbons (Fsp3) is 0. The van der Waals surface area contributed by atoms with Crippen molar-refractivity contribution in [2.45, 2.75) is 0 Å². The molecule has 0 atom stereocenters. The number of fused-ring (bicyclic) bond motifs is 3. The van der Waals surface area contributed by atoms with Crippen molar-refractivity contribution in [1.82, 2.24) is 0 Å². The minimum absolute atomic E-state index is 0.0449. The first-order valence-corrected chi connectivity index (χ1v) is 7.99. The zero-order valence-electron chi connectivity index (χ0n) is 13.6. The minimum Gasteiger partial charge on any atom is -0.506 e. The smallest absolute Gasteiger partial charge is 0.347 e. The van der Waals surface area contributed by atoms with Gasteiger partial charge in [0.25, 0.3) is 0 Å². The van der Waals surface area contributed by atoms with Gasteiger partial charge in [-0.1, -0.05) is 30.3 Å². The van der Waals surface area contributed by atoms with Crippen LogP contribution in [0.1, 0.15) is 5.56 Å². The van der Waals surface area contributed by atoms with Crippen LogP contribution < -0.4 is 10.9 Å². The monoisotopic (exact) mass is 347 g/mol. The second-order valence-electron chi connectivity index (χ2n) is 5.83. The molecule has 128 valence electrons. The fourth-order valence-electron chi connectivity index (χ4n) is 2.83. The Morgan fingerprint density at radius 1 is 1.00 bits per heavy atom. The van der Waals surface area contributed by atoms with Crippen LogP contribution in [0, 0.1) is 5.82 Å². The SMILES string of the molecule is O=c1oc2ccc3ccccc3c2cc1/C(O)=C/Nc1ccc(F)cc1. The van der Waals surface area contributed by atoms with Gasteiger partial charge in [0, 0.05) is 17.3 Å². The van der Waals surface area contributed by atoms with E-state index in [-0.39, 0.29) is 17.1 Å². The molecule has 0 spiro atoms. The topological polar surface area (TPSA) is 62.5 Å². The third-order valence-electron chi connectivity index (χ3n) is 4.14. The molecule has 0 fully saturated rings. The Morgan fingerprint density at radius 2 is 1.77 bits per heavy atom. The third kappa shape index (κ3) is 2.91. The highest BCUT2D eigenvalue weighted by atomic mass is 19.1. The summed E-state index contributed by atoms with van der Waals surface area (Å²) in [5.74, 6) is -0.622. The molecule has 0 amide bonds. The zero-order valence-corrected chi connectivity index (χ0v) is 13.6. The Morgan fingerprint density at radius 3 is 2.58 bits per heavy atom. The number of hydrogen-bond donors (Lipinski definition) is 2. The molecule has 0 radical (unpaired) electrons. The normalized spacial score (nSPS) is 11.8. The lowest BCUT2D eigenvalue weighted by molar-refractivity contribution is 0.497. The molecule has 0 aliphatic rings. The third-order valence-corrected chi connectivity index (χ3v) is 4.14. The van der Waals surface area contributed by atoms with Gasteiger partial charge in [-0.15, -0.1) is 0 Å². The summed E-state index contributed by atoms with van der Waals surface area (Å²) in [5, 5.41) is 15.8. The highest BCUT2D eigenvalue weighted by Gasteiger charge is 2.11. The lowest BCUT2D eigenvalue weighted by atomic mass is 10.0. The molecule has 4 nitrogen and oxygen atoms in total. The predicted molar refractivity (Wildman–Crippen MR) is 101 cm³/mol. The summed E-state index contributed by atoms with van der Waals surface area (Å²) >= 11 is 0. The first kappa shape index (κ1) is 15.9. The molecule has 0 saturated heterocycles. The molecule has 1 heterocycles. The molecule has 26 heavy (non-hydrogen) atoms. The van der Waals surface area contributed by atoms with Gasteiger partial charge in [0.15, 0.2) is 0 Å². The van der Waals surface area contributed by atoms with Crippen LogP contribution in [0.4, 0.5) is 10.1 Å². The molecular formula is C21H14FNO3. The highest BCUT2D eigenvalue weighted by molar-refractivity contribution is 6.05. The van der Waals surface area contributed by atoms with Gasteiger partial charge in [-0.25, -0.2) is 9.18 Å². The number of hydrogen-bond acceptors (Lipinski definition) is 4. The van der Waals surface area contributed by atoms with Crippen LogP contribution in [0.25, 0.3) is 27.5 Å². The molecular weight excluding hydrogens is 333 g/mol. The standard InChI is InChI=1S/C21H14FNO3/c22-14-6-8-15(9-7-14)23-12-19(24)18-11-17-16-4-2-1-3-13(16)5-10-20(17)26-21(18)25/h1-12,23-24H/b19-12-. The molecule has 1 aromatic heterocycles. The maximum absolute atomic E-state index is 12.9. The van der Waals surface area contributed by atoms with Gasteiger partial charge < -0.3 is 14.8 Å². The first-order valence-electron chi connectivity index (χ1n) is 7.99. The summed E-state index contributed by atoms with van der Waals surface area (Å²) < 4.78 is 18.3. The largest absolute Gasteiger partial charge is 0.506 e. The van der Waals surface area contributed by atoms with E-state index >= 15 is 0 Å². The van der Waals surface area contributed by atoms with E-state index in [0.717, 1.165) is 16.2 Å². The van der Waals surface area contributed by atoms with E-state index in [9.17, 15) is 14.3 Å². The average Bonchev–Trinajstić information content (AvgIpc) is 2.66. The van der Waals surface area contributed by atoms with Crippen molar-refractivity contribution in [2.24, 2.45) is 0 Å². The second-order valence-corrected chi connectivity index (χ2v) is 5.83. The first-order chi connectivity index (χ1) is 12.6. The predicted octanol–water partition coefficient (Wildman–Crippen LogP) is 5.05. The molecule has 0 unspecified atom stereocenters. The van der Waals surface area contributed by atoms with E-state index in [0.29, 0.717) is 11.3 Å². The van der Waals surface area contributed by atoms with Gasteiger partial charge in [0.1, 0.15) is 22.7 Å². The van der Waals surface area contributed by atoms with Gasteiger partial charge >= 0.3 is 5.63 Å². The maximum Gasteiger partial charge on any atom is 0.347 e. The molecule has 0 aliphatic heterocycles. The van der Waals surface area contributed by atoms with E-state index in [2.05, 4.69) is 5.32 Å². The molecule has 0 saturated carbocycles. The summed E-state index contributed by atoms with van der Waals surface area (Å²) in [7, 11) is 0. The van der Waals surface area contributed by atoms with Crippen molar-refractivity contribution in [1.29, 1.82) is 0 Å². The number of aliphatic hydroxyl groups excluding tert-OH is 1. The van der Waals surface area contributed by atoms with Gasteiger partial charge in [-0.05, 0) is 47.2 Å². The number of halogens is 1. The summed E-state index contributed by atoms with van der Waals surface area (Å²) in [6.45, 7) is 0. The van der Waals surface area contributed by atoms with Crippen LogP contribution in [0.15, 0.2) is 82.1 Å². The Bertz CT molecular complexity index is 1190. The Kier molecular flexibility index (Phi) is 3.89. The quantitative estimate of drug-likeness (QED) is 0.309. The molecule has 2 N–H and O–H groups in total. The number of anilines is 1. The van der Waals surface area contributed by atoms with Crippen molar-refractivity contribution in [3.8, 4) is 0 Å². The average molecular weight is 347 g/mol. The van der Waals surface area contributed by atoms with Crippen LogP contribution in [-0.2, 0) is 0 Å². The lowest BCUT2D eigenvalue weighted by Gasteiger charge is -2.06. The molecule has 4 aromatic rings. The zero-order chi connectivity index (χ0) is 18.1.